The predicted octanol–water partition coefficient (Wildman–Crippen LogP) is 2.27. The van der Waals surface area contributed by atoms with Crippen LogP contribution in [0.5, 0.6) is 0 Å². The van der Waals surface area contributed by atoms with E-state index in [1.165, 1.54) is 17.8 Å². The van der Waals surface area contributed by atoms with Crippen LogP contribution >= 0.6 is 11.8 Å². The van der Waals surface area contributed by atoms with Crippen molar-refractivity contribution >= 4 is 23.6 Å². The number of halogens is 1. The SMILES string of the molecule is NC(=O)CCCCSc1ccc(F)c(C(=O)O)c1. The lowest BCUT2D eigenvalue weighted by atomic mass is 10.2. The third-order valence-electron chi connectivity index (χ3n) is 2.25. The molecule has 0 spiro atoms. The molecule has 0 aliphatic heterocycles. The van der Waals surface area contributed by atoms with Crippen molar-refractivity contribution in [2.45, 2.75) is 24.2 Å². The Morgan fingerprint density at radius 2 is 2.06 bits per heavy atom. The minimum absolute atomic E-state index is 0.322. The fourth-order valence-electron chi connectivity index (χ4n) is 1.35. The molecule has 0 saturated carbocycles. The average Bonchev–Trinajstić information content (AvgIpc) is 2.30. The highest BCUT2D eigenvalue weighted by Crippen LogP contribution is 2.22. The van der Waals surface area contributed by atoms with Crippen LogP contribution in [0.25, 0.3) is 0 Å². The summed E-state index contributed by atoms with van der Waals surface area (Å²) in [6, 6.07) is 4.01. The van der Waals surface area contributed by atoms with Crippen LogP contribution in [0.4, 0.5) is 4.39 Å². The fraction of sp³-hybridized carbons (Fsp3) is 0.333. The number of carboxylic acids is 1. The van der Waals surface area contributed by atoms with Crippen molar-refractivity contribution in [3.63, 3.8) is 0 Å². The van der Waals surface area contributed by atoms with Gasteiger partial charge in [-0.2, -0.15) is 0 Å². The summed E-state index contributed by atoms with van der Waals surface area (Å²) in [5, 5.41) is 8.76. The van der Waals surface area contributed by atoms with Gasteiger partial charge in [0.25, 0.3) is 0 Å². The number of benzene rings is 1. The summed E-state index contributed by atoms with van der Waals surface area (Å²) in [5.41, 5.74) is 4.68. The third kappa shape index (κ3) is 4.75. The van der Waals surface area contributed by atoms with Gasteiger partial charge in [-0.3, -0.25) is 4.79 Å². The highest BCUT2D eigenvalue weighted by molar-refractivity contribution is 7.99. The number of carboxylic acid groups (broad SMARTS) is 1. The third-order valence-corrected chi connectivity index (χ3v) is 3.33. The summed E-state index contributed by atoms with van der Waals surface area (Å²) >= 11 is 1.43. The molecule has 3 N–H and O–H groups in total. The van der Waals surface area contributed by atoms with Crippen molar-refractivity contribution in [2.24, 2.45) is 5.73 Å². The number of thioether (sulfide) groups is 1. The minimum Gasteiger partial charge on any atom is -0.478 e. The van der Waals surface area contributed by atoms with Crippen molar-refractivity contribution in [1.29, 1.82) is 0 Å². The largest absolute Gasteiger partial charge is 0.478 e. The molecule has 0 saturated heterocycles. The van der Waals surface area contributed by atoms with Crippen molar-refractivity contribution in [3.8, 4) is 0 Å². The number of hydrogen-bond donors (Lipinski definition) is 2. The molecule has 1 aromatic carbocycles. The Labute approximate surface area is 108 Å². The molecular formula is C12H14FNO3S. The van der Waals surface area contributed by atoms with Gasteiger partial charge < -0.3 is 10.8 Å². The zero-order valence-electron chi connectivity index (χ0n) is 9.69. The highest BCUT2D eigenvalue weighted by atomic mass is 32.2. The number of carbonyl (C=O) groups is 2. The Balaban J connectivity index is 2.45. The first-order valence-corrected chi connectivity index (χ1v) is 6.43. The van der Waals surface area contributed by atoms with Crippen molar-refractivity contribution < 1.29 is 19.1 Å². The molecule has 18 heavy (non-hydrogen) atoms. The summed E-state index contributed by atoms with van der Waals surface area (Å²) < 4.78 is 13.1. The first-order chi connectivity index (χ1) is 8.50. The molecule has 0 aliphatic carbocycles. The Morgan fingerprint density at radius 3 is 2.67 bits per heavy atom. The lowest BCUT2D eigenvalue weighted by Crippen LogP contribution is -2.09. The van der Waals surface area contributed by atoms with Crippen LogP contribution in [0.15, 0.2) is 23.1 Å². The maximum atomic E-state index is 13.1. The van der Waals surface area contributed by atoms with E-state index in [9.17, 15) is 14.0 Å². The molecule has 0 aliphatic rings. The van der Waals surface area contributed by atoms with E-state index in [1.807, 2.05) is 0 Å². The number of nitrogens with two attached hydrogens (primary N) is 1. The predicted molar refractivity (Wildman–Crippen MR) is 67.1 cm³/mol. The zero-order chi connectivity index (χ0) is 13.5. The molecule has 0 radical (unpaired) electrons. The highest BCUT2D eigenvalue weighted by Gasteiger charge is 2.10. The van der Waals surface area contributed by atoms with Crippen molar-refractivity contribution in [1.82, 2.24) is 0 Å². The molecule has 0 fully saturated rings. The van der Waals surface area contributed by atoms with Gasteiger partial charge in [0, 0.05) is 11.3 Å². The lowest BCUT2D eigenvalue weighted by Gasteiger charge is -2.03. The van der Waals surface area contributed by atoms with Gasteiger partial charge in [0.05, 0.1) is 5.56 Å². The van der Waals surface area contributed by atoms with E-state index in [0.29, 0.717) is 17.7 Å². The summed E-state index contributed by atoms with van der Waals surface area (Å²) in [6.45, 7) is 0. The molecule has 4 nitrogen and oxygen atoms in total. The Kier molecular flexibility index (Phi) is 5.64. The lowest BCUT2D eigenvalue weighted by molar-refractivity contribution is -0.118. The first kappa shape index (κ1) is 14.5. The second-order valence-electron chi connectivity index (χ2n) is 3.72. The van der Waals surface area contributed by atoms with E-state index in [0.717, 1.165) is 18.2 Å². The normalized spacial score (nSPS) is 10.3. The van der Waals surface area contributed by atoms with Crippen LogP contribution in [-0.4, -0.2) is 22.7 Å². The van der Waals surface area contributed by atoms with E-state index in [2.05, 4.69) is 0 Å². The van der Waals surface area contributed by atoms with Crippen molar-refractivity contribution in [3.05, 3.63) is 29.6 Å². The Hall–Kier alpha value is -1.56. The second-order valence-corrected chi connectivity index (χ2v) is 4.89. The molecule has 1 rings (SSSR count). The van der Waals surface area contributed by atoms with Crippen LogP contribution in [0.1, 0.15) is 29.6 Å². The van der Waals surface area contributed by atoms with E-state index in [4.69, 9.17) is 10.8 Å². The topological polar surface area (TPSA) is 80.4 Å². The molecule has 1 aromatic rings. The number of rotatable bonds is 7. The molecule has 0 bridgehead atoms. The number of primary amides is 1. The summed E-state index contributed by atoms with van der Waals surface area (Å²) in [7, 11) is 0. The van der Waals surface area contributed by atoms with Crippen LogP contribution < -0.4 is 5.73 Å². The van der Waals surface area contributed by atoms with Gasteiger partial charge in [-0.05, 0) is 36.8 Å². The zero-order valence-corrected chi connectivity index (χ0v) is 10.5. The van der Waals surface area contributed by atoms with Gasteiger partial charge in [0.2, 0.25) is 5.91 Å². The molecule has 98 valence electrons. The molecule has 1 amide bonds. The van der Waals surface area contributed by atoms with Crippen LogP contribution in [-0.2, 0) is 4.79 Å². The molecular weight excluding hydrogens is 257 g/mol. The fourth-order valence-corrected chi connectivity index (χ4v) is 2.30. The van der Waals surface area contributed by atoms with E-state index in [-0.39, 0.29) is 11.5 Å². The second kappa shape index (κ2) is 7.00. The number of unbranched alkanes of at least 4 members (excludes halogenated alkanes) is 1. The summed E-state index contributed by atoms with van der Waals surface area (Å²) in [5.74, 6) is -1.60. The van der Waals surface area contributed by atoms with Crippen LogP contribution in [0, 0.1) is 5.82 Å². The molecule has 0 aromatic heterocycles. The minimum atomic E-state index is -1.27. The maximum absolute atomic E-state index is 13.1. The number of hydrogen-bond acceptors (Lipinski definition) is 3. The molecule has 6 heteroatoms. The molecule has 0 heterocycles. The number of aromatic carboxylic acids is 1. The summed E-state index contributed by atoms with van der Waals surface area (Å²) in [4.78, 5) is 21.9. The van der Waals surface area contributed by atoms with Crippen LogP contribution in [0.3, 0.4) is 0 Å². The van der Waals surface area contributed by atoms with Crippen molar-refractivity contribution in [2.75, 3.05) is 5.75 Å². The van der Waals surface area contributed by atoms with E-state index in [1.54, 1.807) is 6.07 Å². The van der Waals surface area contributed by atoms with Gasteiger partial charge in [-0.25, -0.2) is 9.18 Å². The Bertz CT molecular complexity index is 451. The quantitative estimate of drug-likeness (QED) is 0.589. The van der Waals surface area contributed by atoms with E-state index >= 15 is 0 Å². The standard InChI is InChI=1S/C12H14FNO3S/c13-10-5-4-8(7-9(10)12(16)17)18-6-2-1-3-11(14)15/h4-5,7H,1-3,6H2,(H2,14,15)(H,16,17). The van der Waals surface area contributed by atoms with Gasteiger partial charge in [0.15, 0.2) is 0 Å². The Morgan fingerprint density at radius 1 is 1.33 bits per heavy atom. The van der Waals surface area contributed by atoms with Gasteiger partial charge in [0.1, 0.15) is 5.82 Å². The van der Waals surface area contributed by atoms with E-state index < -0.39 is 11.8 Å². The summed E-state index contributed by atoms with van der Waals surface area (Å²) in [6.07, 6.45) is 1.85. The average molecular weight is 271 g/mol. The van der Waals surface area contributed by atoms with Gasteiger partial charge in [-0.1, -0.05) is 0 Å². The monoisotopic (exact) mass is 271 g/mol. The molecule has 0 unspecified atom stereocenters. The maximum Gasteiger partial charge on any atom is 0.338 e. The smallest absolute Gasteiger partial charge is 0.338 e. The van der Waals surface area contributed by atoms with Gasteiger partial charge in [-0.15, -0.1) is 11.8 Å². The number of amides is 1. The first-order valence-electron chi connectivity index (χ1n) is 5.44. The molecule has 0 atom stereocenters. The number of carbonyl (C=O) groups excluding carboxylic acids is 1. The van der Waals surface area contributed by atoms with Gasteiger partial charge >= 0.3 is 5.97 Å². The van der Waals surface area contributed by atoms with Crippen LogP contribution in [0.2, 0.25) is 0 Å².